The SMILES string of the molecule is CCCc1nc(N)cc(NCCC2CCC2)n1. The highest BCUT2D eigenvalue weighted by Gasteiger charge is 2.16. The Morgan fingerprint density at radius 3 is 2.88 bits per heavy atom. The molecule has 0 spiro atoms. The van der Waals surface area contributed by atoms with E-state index in [0.717, 1.165) is 36.9 Å². The summed E-state index contributed by atoms with van der Waals surface area (Å²) < 4.78 is 0. The van der Waals surface area contributed by atoms with Crippen LogP contribution in [0.25, 0.3) is 0 Å². The molecule has 1 fully saturated rings. The van der Waals surface area contributed by atoms with Crippen molar-refractivity contribution in [3.8, 4) is 0 Å². The number of rotatable bonds is 6. The number of aromatic nitrogens is 2. The van der Waals surface area contributed by atoms with Gasteiger partial charge in [0.05, 0.1) is 0 Å². The van der Waals surface area contributed by atoms with Gasteiger partial charge in [0.15, 0.2) is 0 Å². The van der Waals surface area contributed by atoms with Crippen LogP contribution in [0, 0.1) is 5.92 Å². The van der Waals surface area contributed by atoms with E-state index in [-0.39, 0.29) is 0 Å². The van der Waals surface area contributed by atoms with Gasteiger partial charge in [-0.25, -0.2) is 9.97 Å². The third-order valence-corrected chi connectivity index (χ3v) is 3.35. The van der Waals surface area contributed by atoms with Gasteiger partial charge < -0.3 is 11.1 Å². The van der Waals surface area contributed by atoms with Crippen LogP contribution in [0.3, 0.4) is 0 Å². The largest absolute Gasteiger partial charge is 0.384 e. The van der Waals surface area contributed by atoms with E-state index in [1.165, 1.54) is 25.7 Å². The molecule has 1 heterocycles. The van der Waals surface area contributed by atoms with Crippen molar-refractivity contribution >= 4 is 11.6 Å². The fraction of sp³-hybridized carbons (Fsp3) is 0.692. The Morgan fingerprint density at radius 1 is 1.41 bits per heavy atom. The first-order valence-electron chi connectivity index (χ1n) is 6.65. The number of nitrogens with zero attached hydrogens (tertiary/aromatic N) is 2. The molecule has 2 rings (SSSR count). The van der Waals surface area contributed by atoms with Crippen molar-refractivity contribution in [3.05, 3.63) is 11.9 Å². The Hall–Kier alpha value is -1.32. The standard InChI is InChI=1S/C13H22N4/c1-2-4-12-16-11(14)9-13(17-12)15-8-7-10-5-3-6-10/h9-10H,2-8H2,1H3,(H3,14,15,16,17). The van der Waals surface area contributed by atoms with Crippen LogP contribution in [-0.2, 0) is 6.42 Å². The Labute approximate surface area is 103 Å². The normalized spacial score (nSPS) is 15.6. The van der Waals surface area contributed by atoms with Crippen molar-refractivity contribution in [2.45, 2.75) is 45.4 Å². The quantitative estimate of drug-likeness (QED) is 0.794. The molecule has 0 atom stereocenters. The molecule has 17 heavy (non-hydrogen) atoms. The van der Waals surface area contributed by atoms with E-state index in [2.05, 4.69) is 22.2 Å². The Kier molecular flexibility index (Phi) is 4.18. The summed E-state index contributed by atoms with van der Waals surface area (Å²) in [6.07, 6.45) is 7.38. The van der Waals surface area contributed by atoms with E-state index in [4.69, 9.17) is 5.73 Å². The molecule has 0 amide bonds. The summed E-state index contributed by atoms with van der Waals surface area (Å²) in [5.41, 5.74) is 5.77. The highest BCUT2D eigenvalue weighted by Crippen LogP contribution is 2.29. The summed E-state index contributed by atoms with van der Waals surface area (Å²) in [5.74, 6) is 3.21. The maximum absolute atomic E-state index is 5.77. The van der Waals surface area contributed by atoms with Crippen LogP contribution in [0.5, 0.6) is 0 Å². The highest BCUT2D eigenvalue weighted by atomic mass is 15.0. The molecule has 4 nitrogen and oxygen atoms in total. The van der Waals surface area contributed by atoms with Crippen LogP contribution in [0.1, 0.15) is 44.9 Å². The predicted octanol–water partition coefficient (Wildman–Crippen LogP) is 2.61. The smallest absolute Gasteiger partial charge is 0.133 e. The van der Waals surface area contributed by atoms with Crippen molar-refractivity contribution in [1.82, 2.24) is 9.97 Å². The first kappa shape index (κ1) is 12.1. The molecule has 1 aliphatic rings. The zero-order valence-corrected chi connectivity index (χ0v) is 10.6. The van der Waals surface area contributed by atoms with E-state index in [0.29, 0.717) is 5.82 Å². The van der Waals surface area contributed by atoms with E-state index >= 15 is 0 Å². The molecule has 0 aliphatic heterocycles. The van der Waals surface area contributed by atoms with Gasteiger partial charge in [-0.3, -0.25) is 0 Å². The molecule has 0 bridgehead atoms. The molecule has 0 radical (unpaired) electrons. The molecular weight excluding hydrogens is 212 g/mol. The first-order valence-corrected chi connectivity index (χ1v) is 6.65. The maximum Gasteiger partial charge on any atom is 0.133 e. The number of nitrogens with one attached hydrogen (secondary N) is 1. The summed E-state index contributed by atoms with van der Waals surface area (Å²) in [6.45, 7) is 3.11. The zero-order chi connectivity index (χ0) is 12.1. The lowest BCUT2D eigenvalue weighted by molar-refractivity contribution is 0.303. The molecule has 94 valence electrons. The second-order valence-corrected chi connectivity index (χ2v) is 4.86. The summed E-state index contributed by atoms with van der Waals surface area (Å²) in [5, 5.41) is 3.35. The lowest BCUT2D eigenvalue weighted by Gasteiger charge is -2.25. The van der Waals surface area contributed by atoms with Crippen molar-refractivity contribution in [1.29, 1.82) is 0 Å². The third kappa shape index (κ3) is 3.58. The number of nitrogen functional groups attached to an aromatic ring is 1. The van der Waals surface area contributed by atoms with Crippen LogP contribution in [0.2, 0.25) is 0 Å². The van der Waals surface area contributed by atoms with E-state index in [1.807, 2.05) is 6.07 Å². The van der Waals surface area contributed by atoms with Crippen LogP contribution >= 0.6 is 0 Å². The minimum Gasteiger partial charge on any atom is -0.384 e. The van der Waals surface area contributed by atoms with Crippen molar-refractivity contribution in [2.24, 2.45) is 5.92 Å². The lowest BCUT2D eigenvalue weighted by atomic mass is 9.83. The topological polar surface area (TPSA) is 63.8 Å². The molecule has 0 saturated heterocycles. The maximum atomic E-state index is 5.77. The first-order chi connectivity index (χ1) is 8.28. The minimum absolute atomic E-state index is 0.564. The van der Waals surface area contributed by atoms with E-state index < -0.39 is 0 Å². The molecule has 3 N–H and O–H groups in total. The number of hydrogen-bond donors (Lipinski definition) is 2. The van der Waals surface area contributed by atoms with Gasteiger partial charge in [0.25, 0.3) is 0 Å². The highest BCUT2D eigenvalue weighted by molar-refractivity contribution is 5.44. The second-order valence-electron chi connectivity index (χ2n) is 4.86. The average Bonchev–Trinajstić information content (AvgIpc) is 2.21. The van der Waals surface area contributed by atoms with Gasteiger partial charge in [0.2, 0.25) is 0 Å². The fourth-order valence-electron chi connectivity index (χ4n) is 2.13. The number of hydrogen-bond acceptors (Lipinski definition) is 4. The van der Waals surface area contributed by atoms with Gasteiger partial charge in [-0.2, -0.15) is 0 Å². The average molecular weight is 234 g/mol. The van der Waals surface area contributed by atoms with Gasteiger partial charge in [0, 0.05) is 19.0 Å². The van der Waals surface area contributed by atoms with Gasteiger partial charge in [-0.05, 0) is 18.8 Å². The van der Waals surface area contributed by atoms with Crippen LogP contribution < -0.4 is 11.1 Å². The molecular formula is C13H22N4. The Bertz CT molecular complexity index is 360. The Balaban J connectivity index is 1.85. The van der Waals surface area contributed by atoms with Crippen LogP contribution in [0.15, 0.2) is 6.07 Å². The molecule has 1 saturated carbocycles. The molecule has 1 aromatic rings. The van der Waals surface area contributed by atoms with Gasteiger partial charge in [-0.1, -0.05) is 26.2 Å². The summed E-state index contributed by atoms with van der Waals surface area (Å²) in [7, 11) is 0. The van der Waals surface area contributed by atoms with Crippen molar-refractivity contribution in [3.63, 3.8) is 0 Å². The van der Waals surface area contributed by atoms with Gasteiger partial charge in [-0.15, -0.1) is 0 Å². The predicted molar refractivity (Wildman–Crippen MR) is 70.9 cm³/mol. The number of nitrogens with two attached hydrogens (primary N) is 1. The molecule has 0 unspecified atom stereocenters. The van der Waals surface area contributed by atoms with E-state index in [1.54, 1.807) is 0 Å². The molecule has 1 aliphatic carbocycles. The fourth-order valence-corrected chi connectivity index (χ4v) is 2.13. The number of aryl methyl sites for hydroxylation is 1. The van der Waals surface area contributed by atoms with Gasteiger partial charge in [0.1, 0.15) is 17.5 Å². The second kappa shape index (κ2) is 5.84. The van der Waals surface area contributed by atoms with Crippen LogP contribution in [0.4, 0.5) is 11.6 Å². The summed E-state index contributed by atoms with van der Waals surface area (Å²) in [6, 6.07) is 1.82. The molecule has 4 heteroatoms. The van der Waals surface area contributed by atoms with Crippen molar-refractivity contribution < 1.29 is 0 Å². The van der Waals surface area contributed by atoms with Crippen molar-refractivity contribution in [2.75, 3.05) is 17.6 Å². The monoisotopic (exact) mass is 234 g/mol. The van der Waals surface area contributed by atoms with Crippen LogP contribution in [-0.4, -0.2) is 16.5 Å². The van der Waals surface area contributed by atoms with E-state index in [9.17, 15) is 0 Å². The molecule has 1 aromatic heterocycles. The van der Waals surface area contributed by atoms with Gasteiger partial charge >= 0.3 is 0 Å². The lowest BCUT2D eigenvalue weighted by Crippen LogP contribution is -2.16. The molecule has 0 aromatic carbocycles. The third-order valence-electron chi connectivity index (χ3n) is 3.35. The summed E-state index contributed by atoms with van der Waals surface area (Å²) in [4.78, 5) is 8.68. The zero-order valence-electron chi connectivity index (χ0n) is 10.6. The minimum atomic E-state index is 0.564. The summed E-state index contributed by atoms with van der Waals surface area (Å²) >= 11 is 0. The number of anilines is 2. The Morgan fingerprint density at radius 2 is 2.24 bits per heavy atom.